The van der Waals surface area contributed by atoms with Crippen molar-refractivity contribution >= 4 is 11.7 Å². The molecule has 136 valence electrons. The summed E-state index contributed by atoms with van der Waals surface area (Å²) < 4.78 is 5.34. The molecule has 1 saturated carbocycles. The van der Waals surface area contributed by atoms with Crippen LogP contribution in [0.4, 0.5) is 5.69 Å². The van der Waals surface area contributed by atoms with E-state index in [0.717, 1.165) is 25.1 Å². The fourth-order valence-corrected chi connectivity index (χ4v) is 7.49. The Morgan fingerprint density at radius 3 is 3.00 bits per heavy atom. The monoisotopic (exact) mass is 352 g/mol. The largest absolute Gasteiger partial charge is 0.468 e. The van der Waals surface area contributed by atoms with Crippen molar-refractivity contribution in [2.75, 3.05) is 19.0 Å². The number of piperidine rings is 4. The molecule has 5 fully saturated rings. The van der Waals surface area contributed by atoms with E-state index in [2.05, 4.69) is 35.3 Å². The second-order valence-corrected chi connectivity index (χ2v) is 8.65. The van der Waals surface area contributed by atoms with E-state index >= 15 is 0 Å². The number of ether oxygens (including phenoxy) is 1. The summed E-state index contributed by atoms with van der Waals surface area (Å²) >= 11 is 0. The first-order chi connectivity index (χ1) is 12.6. The van der Waals surface area contributed by atoms with Crippen LogP contribution in [-0.4, -0.2) is 53.9 Å². The Balaban J connectivity index is 1.65. The molecule has 5 bridgehead atoms. The van der Waals surface area contributed by atoms with Crippen molar-refractivity contribution in [3.63, 3.8) is 0 Å². The molecule has 4 saturated heterocycles. The average Bonchev–Trinajstić information content (AvgIpc) is 3.13. The fraction of sp³-hybridized carbons (Fsp3) is 0.571. The lowest BCUT2D eigenvalue weighted by atomic mass is 9.58. The van der Waals surface area contributed by atoms with E-state index in [-0.39, 0.29) is 24.0 Å². The summed E-state index contributed by atoms with van der Waals surface area (Å²) in [6.07, 6.45) is 3.15. The molecule has 5 nitrogen and oxygen atoms in total. The molecule has 0 aromatic heterocycles. The topological polar surface area (TPSA) is 61.8 Å². The van der Waals surface area contributed by atoms with Gasteiger partial charge >= 0.3 is 5.97 Å². The molecule has 8 atom stereocenters. The Kier molecular flexibility index (Phi) is 2.65. The molecule has 1 aliphatic carbocycles. The first-order valence-corrected chi connectivity index (χ1v) is 9.64. The fourth-order valence-electron chi connectivity index (χ4n) is 7.49. The van der Waals surface area contributed by atoms with Gasteiger partial charge in [-0.2, -0.15) is 0 Å². The quantitative estimate of drug-likeness (QED) is 0.595. The van der Waals surface area contributed by atoms with Crippen molar-refractivity contribution in [2.24, 2.45) is 11.3 Å². The molecule has 1 aromatic rings. The second-order valence-electron chi connectivity index (χ2n) is 8.65. The van der Waals surface area contributed by atoms with Crippen LogP contribution in [-0.2, 0) is 14.9 Å². The van der Waals surface area contributed by atoms with Crippen molar-refractivity contribution in [1.82, 2.24) is 4.90 Å². The number of nitrogens with zero attached hydrogens (tertiary/aromatic N) is 1. The predicted molar refractivity (Wildman–Crippen MR) is 96.7 cm³/mol. The van der Waals surface area contributed by atoms with Gasteiger partial charge in [-0.25, -0.2) is 0 Å². The average molecular weight is 352 g/mol. The van der Waals surface area contributed by atoms with Crippen molar-refractivity contribution < 1.29 is 14.6 Å². The summed E-state index contributed by atoms with van der Waals surface area (Å²) in [6.45, 7) is 2.96. The second kappa shape index (κ2) is 4.52. The van der Waals surface area contributed by atoms with Crippen LogP contribution < -0.4 is 5.32 Å². The Hall–Kier alpha value is -1.85. The van der Waals surface area contributed by atoms with Crippen molar-refractivity contribution in [3.05, 3.63) is 41.5 Å². The molecular weight excluding hydrogens is 328 g/mol. The van der Waals surface area contributed by atoms with Gasteiger partial charge in [-0.1, -0.05) is 29.8 Å². The zero-order chi connectivity index (χ0) is 17.8. The predicted octanol–water partition coefficient (Wildman–Crippen LogP) is 1.68. The number of carbonyl (C=O) groups is 1. The Bertz CT molecular complexity index is 867. The zero-order valence-corrected chi connectivity index (χ0v) is 15.1. The highest BCUT2D eigenvalue weighted by Gasteiger charge is 2.82. The molecule has 2 unspecified atom stereocenters. The molecular formula is C21H24N2O3. The number of rotatable bonds is 1. The van der Waals surface area contributed by atoms with Crippen LogP contribution in [0.15, 0.2) is 35.9 Å². The van der Waals surface area contributed by atoms with Crippen molar-refractivity contribution in [3.8, 4) is 0 Å². The van der Waals surface area contributed by atoms with E-state index in [9.17, 15) is 9.90 Å². The van der Waals surface area contributed by atoms with E-state index in [1.54, 1.807) is 0 Å². The zero-order valence-electron chi connectivity index (χ0n) is 15.1. The van der Waals surface area contributed by atoms with Gasteiger partial charge in [0.25, 0.3) is 0 Å². The number of nitrogens with one attached hydrogen (secondary N) is 1. The van der Waals surface area contributed by atoms with Gasteiger partial charge in [0.1, 0.15) is 5.41 Å². The van der Waals surface area contributed by atoms with Crippen LogP contribution in [0.3, 0.4) is 0 Å². The van der Waals surface area contributed by atoms with Gasteiger partial charge in [-0.05, 0) is 31.4 Å². The minimum atomic E-state index is -0.848. The number of aliphatic hydroxyl groups is 1. The van der Waals surface area contributed by atoms with Crippen LogP contribution in [0.2, 0.25) is 0 Å². The van der Waals surface area contributed by atoms with Crippen LogP contribution >= 0.6 is 0 Å². The maximum absolute atomic E-state index is 13.2. The van der Waals surface area contributed by atoms with E-state index in [4.69, 9.17) is 4.74 Å². The minimum absolute atomic E-state index is 0.0570. The highest BCUT2D eigenvalue weighted by Crippen LogP contribution is 2.71. The standard InChI is InChI=1S/C21H24N2O3/c1-3-11-10-23-15-8-13(11)21(19(25)26-2)16(23)9-20(18(21)24)12-6-4-5-7-14(12)22-17(15)20/h3-7,13,15-18,22,24H,8-10H2,1-2H3/b11-3+/t13-,15-,16-,17+,18-,20+,21?/m0/s1. The van der Waals surface area contributed by atoms with Crippen molar-refractivity contribution in [1.29, 1.82) is 0 Å². The molecule has 5 heterocycles. The summed E-state index contributed by atoms with van der Waals surface area (Å²) in [5, 5.41) is 15.6. The third-order valence-corrected chi connectivity index (χ3v) is 8.30. The van der Waals surface area contributed by atoms with Gasteiger partial charge in [0.05, 0.1) is 19.3 Å². The van der Waals surface area contributed by atoms with Gasteiger partial charge in [-0.3, -0.25) is 9.69 Å². The number of fused-ring (bicyclic) bond motifs is 2. The number of hydrogen-bond acceptors (Lipinski definition) is 5. The van der Waals surface area contributed by atoms with Crippen LogP contribution in [0.1, 0.15) is 25.3 Å². The number of esters is 1. The van der Waals surface area contributed by atoms with Gasteiger partial charge < -0.3 is 15.2 Å². The number of hydrogen-bond donors (Lipinski definition) is 2. The summed E-state index contributed by atoms with van der Waals surface area (Å²) in [4.78, 5) is 15.7. The molecule has 26 heavy (non-hydrogen) atoms. The lowest BCUT2D eigenvalue weighted by Gasteiger charge is -2.60. The highest BCUT2D eigenvalue weighted by atomic mass is 16.5. The van der Waals surface area contributed by atoms with Crippen LogP contribution in [0, 0.1) is 11.3 Å². The Labute approximate surface area is 153 Å². The van der Waals surface area contributed by atoms with Crippen molar-refractivity contribution in [2.45, 2.75) is 49.4 Å². The maximum atomic E-state index is 13.2. The number of methoxy groups -OCH3 is 1. The van der Waals surface area contributed by atoms with Crippen LogP contribution in [0.5, 0.6) is 0 Å². The van der Waals surface area contributed by atoms with E-state index in [0.29, 0.717) is 6.04 Å². The van der Waals surface area contributed by atoms with Gasteiger partial charge in [0, 0.05) is 35.6 Å². The first-order valence-electron chi connectivity index (χ1n) is 9.64. The third-order valence-electron chi connectivity index (χ3n) is 8.30. The van der Waals surface area contributed by atoms with Gasteiger partial charge in [0.15, 0.2) is 0 Å². The summed E-state index contributed by atoms with van der Waals surface area (Å²) in [6, 6.07) is 8.89. The SMILES string of the molecule is C/C=C1\CN2[C@H]3C[C@@]45c6ccccc6N[C@@H]4[C@@H]2C[C@@H]1C3(C(=O)OC)[C@H]5O. The molecule has 0 amide bonds. The molecule has 2 N–H and O–H groups in total. The third kappa shape index (κ3) is 1.28. The Morgan fingerprint density at radius 2 is 2.23 bits per heavy atom. The minimum Gasteiger partial charge on any atom is -0.468 e. The molecule has 0 radical (unpaired) electrons. The highest BCUT2D eigenvalue weighted by molar-refractivity contribution is 5.84. The number of benzene rings is 1. The summed E-state index contributed by atoms with van der Waals surface area (Å²) in [5.41, 5.74) is 2.34. The summed E-state index contributed by atoms with van der Waals surface area (Å²) in [7, 11) is 1.46. The lowest BCUT2D eigenvalue weighted by Crippen LogP contribution is -2.71. The molecule has 1 aromatic carbocycles. The number of aliphatic hydroxyl groups excluding tert-OH is 1. The maximum Gasteiger partial charge on any atom is 0.316 e. The van der Waals surface area contributed by atoms with Gasteiger partial charge in [0.2, 0.25) is 0 Å². The van der Waals surface area contributed by atoms with E-state index < -0.39 is 16.9 Å². The number of allylic oxidation sites excluding steroid dienone is 1. The normalized spacial score (nSPS) is 50.5. The number of carbonyl (C=O) groups excluding carboxylic acids is 1. The summed E-state index contributed by atoms with van der Waals surface area (Å²) in [5.74, 6) is -0.154. The first kappa shape index (κ1) is 15.2. The molecule has 5 heteroatoms. The Morgan fingerprint density at radius 1 is 1.42 bits per heavy atom. The van der Waals surface area contributed by atoms with Gasteiger partial charge in [-0.15, -0.1) is 0 Å². The molecule has 7 rings (SSSR count). The number of para-hydroxylation sites is 1. The van der Waals surface area contributed by atoms with E-state index in [1.807, 2.05) is 12.1 Å². The lowest BCUT2D eigenvalue weighted by molar-refractivity contribution is -0.179. The number of anilines is 1. The molecule has 6 aliphatic rings. The van der Waals surface area contributed by atoms with Crippen LogP contribution in [0.25, 0.3) is 0 Å². The molecule has 5 aliphatic heterocycles. The van der Waals surface area contributed by atoms with E-state index in [1.165, 1.54) is 18.2 Å². The smallest absolute Gasteiger partial charge is 0.316 e. The molecule has 1 spiro atoms.